The van der Waals surface area contributed by atoms with Gasteiger partial charge >= 0.3 is 17.9 Å². The fourth-order valence-electron chi connectivity index (χ4n) is 8.06. The van der Waals surface area contributed by atoms with E-state index in [-0.39, 0.29) is 31.1 Å². The molecular formula is C60H106O6. The Hall–Kier alpha value is -2.89. The molecule has 0 rings (SSSR count). The highest BCUT2D eigenvalue weighted by atomic mass is 16.6. The molecule has 66 heavy (non-hydrogen) atoms. The number of hydrogen-bond donors (Lipinski definition) is 0. The number of esters is 3. The van der Waals surface area contributed by atoms with Gasteiger partial charge in [0.25, 0.3) is 0 Å². The third kappa shape index (κ3) is 52.1. The number of carbonyl (C=O) groups excluding carboxylic acids is 3. The monoisotopic (exact) mass is 923 g/mol. The molecule has 6 heteroatoms. The van der Waals surface area contributed by atoms with Crippen molar-refractivity contribution in [2.75, 3.05) is 13.2 Å². The Balaban J connectivity index is 4.17. The van der Waals surface area contributed by atoms with Crippen LogP contribution in [0.5, 0.6) is 0 Å². The maximum absolute atomic E-state index is 12.8. The standard InChI is InChI=1S/C60H106O6/c1-4-7-10-13-16-18-20-22-24-26-27-28-29-30-31-32-33-34-36-37-39-41-44-47-50-53-59(62)65-56-57(55-64-58(61)52-49-46-43-15-12-9-6-3)66-60(63)54-51-48-45-42-40-38-35-25-23-21-19-17-14-11-8-5-2/h7,10,16,18,22,24,27-28,30-31,57H,4-6,8-9,11-15,17,19-21,23,25-26,29,32-56H2,1-3H3/b10-7-,18-16-,24-22-,28-27-,31-30-. The van der Waals surface area contributed by atoms with Crippen molar-refractivity contribution in [3.63, 3.8) is 0 Å². The van der Waals surface area contributed by atoms with Crippen LogP contribution in [0.2, 0.25) is 0 Å². The molecule has 0 bridgehead atoms. The SMILES string of the molecule is CC/C=C\C/C=C\C/C=C\C/C=C\C/C=C\CCCCCCCCCCCC(=O)OCC(COC(=O)CCCCCCCCC)OC(=O)CCCCCCCCCCCCCCCCCC. The van der Waals surface area contributed by atoms with Crippen molar-refractivity contribution in [1.82, 2.24) is 0 Å². The van der Waals surface area contributed by atoms with E-state index in [1.165, 1.54) is 148 Å². The van der Waals surface area contributed by atoms with Crippen molar-refractivity contribution >= 4 is 17.9 Å². The Morgan fingerprint density at radius 1 is 0.318 bits per heavy atom. The van der Waals surface area contributed by atoms with Gasteiger partial charge < -0.3 is 14.2 Å². The summed E-state index contributed by atoms with van der Waals surface area (Å²) in [5.41, 5.74) is 0. The summed E-state index contributed by atoms with van der Waals surface area (Å²) in [5.74, 6) is -0.874. The summed E-state index contributed by atoms with van der Waals surface area (Å²) in [6, 6.07) is 0. The fraction of sp³-hybridized carbons (Fsp3) is 0.783. The Bertz CT molecular complexity index is 1200. The summed E-state index contributed by atoms with van der Waals surface area (Å²) < 4.78 is 16.8. The number of unbranched alkanes of at least 4 members (excludes halogenated alkanes) is 30. The third-order valence-electron chi connectivity index (χ3n) is 12.3. The summed E-state index contributed by atoms with van der Waals surface area (Å²) in [4.78, 5) is 37.9. The Kier molecular flexibility index (Phi) is 52.3. The maximum atomic E-state index is 12.8. The first kappa shape index (κ1) is 63.1. The van der Waals surface area contributed by atoms with Gasteiger partial charge in [0.2, 0.25) is 0 Å². The van der Waals surface area contributed by atoms with E-state index in [4.69, 9.17) is 14.2 Å². The van der Waals surface area contributed by atoms with Crippen LogP contribution in [0.1, 0.15) is 284 Å². The van der Waals surface area contributed by atoms with E-state index in [0.717, 1.165) is 96.3 Å². The number of rotatable bonds is 51. The summed E-state index contributed by atoms with van der Waals surface area (Å²) in [7, 11) is 0. The van der Waals surface area contributed by atoms with Crippen molar-refractivity contribution < 1.29 is 28.6 Å². The third-order valence-corrected chi connectivity index (χ3v) is 12.3. The molecule has 0 spiro atoms. The average Bonchev–Trinajstić information content (AvgIpc) is 3.31. The highest BCUT2D eigenvalue weighted by Crippen LogP contribution is 2.16. The van der Waals surface area contributed by atoms with E-state index >= 15 is 0 Å². The second-order valence-electron chi connectivity index (χ2n) is 18.8. The summed E-state index contributed by atoms with van der Waals surface area (Å²) in [6.45, 7) is 6.50. The molecule has 0 aliphatic rings. The largest absolute Gasteiger partial charge is 0.462 e. The summed E-state index contributed by atoms with van der Waals surface area (Å²) in [6.07, 6.45) is 68.0. The fourth-order valence-corrected chi connectivity index (χ4v) is 8.06. The average molecular weight is 924 g/mol. The van der Waals surface area contributed by atoms with Gasteiger partial charge in [0.05, 0.1) is 0 Å². The zero-order valence-electron chi connectivity index (χ0n) is 43.7. The highest BCUT2D eigenvalue weighted by Gasteiger charge is 2.19. The van der Waals surface area contributed by atoms with E-state index in [9.17, 15) is 14.4 Å². The first-order valence-electron chi connectivity index (χ1n) is 28.3. The lowest BCUT2D eigenvalue weighted by Gasteiger charge is -2.18. The molecule has 0 amide bonds. The number of allylic oxidation sites excluding steroid dienone is 10. The topological polar surface area (TPSA) is 78.9 Å². The van der Waals surface area contributed by atoms with E-state index < -0.39 is 6.10 Å². The lowest BCUT2D eigenvalue weighted by molar-refractivity contribution is -0.167. The van der Waals surface area contributed by atoms with Gasteiger partial charge in [-0.15, -0.1) is 0 Å². The number of ether oxygens (including phenoxy) is 3. The molecule has 1 atom stereocenters. The molecule has 0 aliphatic heterocycles. The van der Waals surface area contributed by atoms with Crippen molar-refractivity contribution in [3.8, 4) is 0 Å². The van der Waals surface area contributed by atoms with Crippen LogP contribution < -0.4 is 0 Å². The van der Waals surface area contributed by atoms with Crippen molar-refractivity contribution in [3.05, 3.63) is 60.8 Å². The van der Waals surface area contributed by atoms with Gasteiger partial charge in [0, 0.05) is 19.3 Å². The van der Waals surface area contributed by atoms with Crippen LogP contribution in [0.3, 0.4) is 0 Å². The van der Waals surface area contributed by atoms with Crippen molar-refractivity contribution in [2.24, 2.45) is 0 Å². The van der Waals surface area contributed by atoms with Gasteiger partial charge in [-0.3, -0.25) is 14.4 Å². The van der Waals surface area contributed by atoms with E-state index in [1.807, 2.05) is 0 Å². The molecule has 0 aliphatic carbocycles. The molecule has 0 saturated heterocycles. The van der Waals surface area contributed by atoms with Gasteiger partial charge in [-0.05, 0) is 64.2 Å². The molecule has 6 nitrogen and oxygen atoms in total. The molecule has 0 N–H and O–H groups in total. The van der Waals surface area contributed by atoms with Gasteiger partial charge in [-0.25, -0.2) is 0 Å². The maximum Gasteiger partial charge on any atom is 0.306 e. The normalized spacial score (nSPS) is 12.5. The second-order valence-corrected chi connectivity index (χ2v) is 18.8. The van der Waals surface area contributed by atoms with Crippen molar-refractivity contribution in [1.29, 1.82) is 0 Å². The van der Waals surface area contributed by atoms with E-state index in [2.05, 4.69) is 81.5 Å². The first-order valence-corrected chi connectivity index (χ1v) is 28.3. The highest BCUT2D eigenvalue weighted by molar-refractivity contribution is 5.71. The first-order chi connectivity index (χ1) is 32.5. The molecule has 0 aromatic rings. The zero-order chi connectivity index (χ0) is 47.9. The second kappa shape index (κ2) is 54.7. The molecule has 0 heterocycles. The smallest absolute Gasteiger partial charge is 0.306 e. The molecule has 1 unspecified atom stereocenters. The number of hydrogen-bond acceptors (Lipinski definition) is 6. The van der Waals surface area contributed by atoms with Gasteiger partial charge in [0.15, 0.2) is 6.10 Å². The minimum atomic E-state index is -0.771. The van der Waals surface area contributed by atoms with Crippen LogP contribution in [-0.2, 0) is 28.6 Å². The quantitative estimate of drug-likeness (QED) is 0.0262. The predicted molar refractivity (Wildman–Crippen MR) is 284 cm³/mol. The number of carbonyl (C=O) groups is 3. The molecule has 0 aromatic heterocycles. The Labute approximate surface area is 409 Å². The van der Waals surface area contributed by atoms with Crippen LogP contribution in [0, 0.1) is 0 Å². The van der Waals surface area contributed by atoms with Crippen LogP contribution >= 0.6 is 0 Å². The lowest BCUT2D eigenvalue weighted by Crippen LogP contribution is -2.30. The zero-order valence-corrected chi connectivity index (χ0v) is 43.7. The Morgan fingerprint density at radius 2 is 0.591 bits per heavy atom. The van der Waals surface area contributed by atoms with Gasteiger partial charge in [0.1, 0.15) is 13.2 Å². The van der Waals surface area contributed by atoms with Crippen LogP contribution in [-0.4, -0.2) is 37.2 Å². The summed E-state index contributed by atoms with van der Waals surface area (Å²) in [5, 5.41) is 0. The molecule has 0 saturated carbocycles. The minimum Gasteiger partial charge on any atom is -0.462 e. The molecule has 382 valence electrons. The lowest BCUT2D eigenvalue weighted by atomic mass is 10.0. The van der Waals surface area contributed by atoms with Crippen LogP contribution in [0.25, 0.3) is 0 Å². The predicted octanol–water partition coefficient (Wildman–Crippen LogP) is 18.8. The molecule has 0 radical (unpaired) electrons. The van der Waals surface area contributed by atoms with Crippen LogP contribution in [0.4, 0.5) is 0 Å². The molecular weight excluding hydrogens is 817 g/mol. The van der Waals surface area contributed by atoms with Gasteiger partial charge in [-0.1, -0.05) is 261 Å². The molecule has 0 fully saturated rings. The van der Waals surface area contributed by atoms with Crippen molar-refractivity contribution in [2.45, 2.75) is 290 Å². The van der Waals surface area contributed by atoms with Crippen LogP contribution in [0.15, 0.2) is 60.8 Å². The summed E-state index contributed by atoms with van der Waals surface area (Å²) >= 11 is 0. The Morgan fingerprint density at radius 3 is 0.924 bits per heavy atom. The molecule has 0 aromatic carbocycles. The van der Waals surface area contributed by atoms with E-state index in [1.54, 1.807) is 0 Å². The van der Waals surface area contributed by atoms with E-state index in [0.29, 0.717) is 19.3 Å². The minimum absolute atomic E-state index is 0.0727. The van der Waals surface area contributed by atoms with Gasteiger partial charge in [-0.2, -0.15) is 0 Å².